The minimum atomic E-state index is -4.25. The molecule has 0 spiro atoms. The van der Waals surface area contributed by atoms with Gasteiger partial charge in [0.15, 0.2) is 17.4 Å². The molecule has 5 atom stereocenters. The number of imidazole rings is 2. The molecule has 0 radical (unpaired) electrons. The van der Waals surface area contributed by atoms with E-state index < -0.39 is 32.4 Å². The van der Waals surface area contributed by atoms with Crippen LogP contribution in [-0.2, 0) is 18.3 Å². The van der Waals surface area contributed by atoms with Crippen LogP contribution in [0.4, 0.5) is 0 Å². The zero-order valence-corrected chi connectivity index (χ0v) is 16.6. The van der Waals surface area contributed by atoms with Crippen molar-refractivity contribution in [1.29, 1.82) is 0 Å². The molecule has 2 saturated heterocycles. The van der Waals surface area contributed by atoms with Gasteiger partial charge in [0.1, 0.15) is 18.3 Å². The van der Waals surface area contributed by atoms with Gasteiger partial charge in [0.05, 0.1) is 18.6 Å². The first-order valence-corrected chi connectivity index (χ1v) is 10.9. The van der Waals surface area contributed by atoms with E-state index in [1.165, 1.54) is 15.3 Å². The van der Waals surface area contributed by atoms with Crippen LogP contribution in [0, 0.1) is 0 Å². The molecule has 31 heavy (non-hydrogen) atoms. The highest BCUT2D eigenvalue weighted by Gasteiger charge is 2.52. The zero-order chi connectivity index (χ0) is 21.3. The minimum absolute atomic E-state index is 0.0896. The molecular formula is C18H16N5O7P. The Morgan fingerprint density at radius 3 is 2.87 bits per heavy atom. The van der Waals surface area contributed by atoms with Crippen LogP contribution >= 0.6 is 7.82 Å². The number of aromatic nitrogens is 5. The van der Waals surface area contributed by atoms with E-state index >= 15 is 0 Å². The highest BCUT2D eigenvalue weighted by molar-refractivity contribution is 7.47. The lowest BCUT2D eigenvalue weighted by atomic mass is 10.1. The van der Waals surface area contributed by atoms with Crippen LogP contribution in [0.1, 0.15) is 6.23 Å². The summed E-state index contributed by atoms with van der Waals surface area (Å²) < 4.78 is 30.0. The number of hydrogen-bond acceptors (Lipinski definition) is 8. The van der Waals surface area contributed by atoms with Crippen LogP contribution in [0.5, 0.6) is 0 Å². The second-order valence-corrected chi connectivity index (χ2v) is 8.76. The predicted molar refractivity (Wildman–Crippen MR) is 105 cm³/mol. The van der Waals surface area contributed by atoms with E-state index in [-0.39, 0.29) is 23.3 Å². The molecule has 0 bridgehead atoms. The van der Waals surface area contributed by atoms with Gasteiger partial charge in [0.25, 0.3) is 5.56 Å². The topological polar surface area (TPSA) is 153 Å². The van der Waals surface area contributed by atoms with Crippen molar-refractivity contribution >= 4 is 24.8 Å². The summed E-state index contributed by atoms with van der Waals surface area (Å²) in [6.07, 6.45) is -1.16. The molecule has 5 heterocycles. The summed E-state index contributed by atoms with van der Waals surface area (Å²) in [6.45, 7) is -0.212. The molecule has 2 fully saturated rings. The standard InChI is InChI=1S/C18H16N5O7P/c24-13-14-11(7-28-31(26,27)30-14)29-17(13)23-8-19-12-15(23)21-18-20-10(6-22(18)16(12)25)9-4-2-1-3-5-9/h1-6,8,11,13-14,17,24H,7H2,(H,20,21)(H,26,27)/t11-,13-,14-,17-/m1/s1. The Bertz CT molecular complexity index is 1410. The maximum absolute atomic E-state index is 13.0. The predicted octanol–water partition coefficient (Wildman–Crippen LogP) is 0.813. The fraction of sp³-hybridized carbons (Fsp3) is 0.278. The van der Waals surface area contributed by atoms with Gasteiger partial charge in [-0.25, -0.2) is 13.9 Å². The van der Waals surface area contributed by atoms with Crippen molar-refractivity contribution < 1.29 is 28.3 Å². The smallest absolute Gasteiger partial charge is 0.386 e. The Balaban J connectivity index is 1.44. The van der Waals surface area contributed by atoms with Crippen molar-refractivity contribution in [3.05, 3.63) is 53.2 Å². The van der Waals surface area contributed by atoms with Crippen LogP contribution in [0.2, 0.25) is 0 Å². The molecule has 160 valence electrons. The number of phosphoric ester groups is 1. The number of rotatable bonds is 2. The van der Waals surface area contributed by atoms with Gasteiger partial charge in [-0.05, 0) is 5.56 Å². The fourth-order valence-electron chi connectivity index (χ4n) is 3.99. The number of aliphatic hydroxyl groups is 1. The molecule has 13 heteroatoms. The molecule has 1 aromatic carbocycles. The second-order valence-electron chi connectivity index (χ2n) is 7.36. The third kappa shape index (κ3) is 2.88. The van der Waals surface area contributed by atoms with E-state index in [4.69, 9.17) is 13.8 Å². The molecule has 6 rings (SSSR count). The number of nitrogens with one attached hydrogen (secondary N) is 1. The van der Waals surface area contributed by atoms with Crippen LogP contribution in [0.15, 0.2) is 47.7 Å². The molecule has 12 nitrogen and oxygen atoms in total. The Kier molecular flexibility index (Phi) is 4.00. The second kappa shape index (κ2) is 6.57. The highest BCUT2D eigenvalue weighted by atomic mass is 31.2. The number of fused-ring (bicyclic) bond motifs is 3. The monoisotopic (exact) mass is 445 g/mol. The van der Waals surface area contributed by atoms with Crippen molar-refractivity contribution in [3.8, 4) is 11.3 Å². The summed E-state index contributed by atoms with van der Waals surface area (Å²) in [5, 5.41) is 10.7. The number of nitrogens with zero attached hydrogens (tertiary/aromatic N) is 4. The van der Waals surface area contributed by atoms with Gasteiger partial charge < -0.3 is 19.7 Å². The first-order chi connectivity index (χ1) is 14.9. The Morgan fingerprint density at radius 1 is 1.26 bits per heavy atom. The summed E-state index contributed by atoms with van der Waals surface area (Å²) in [5.41, 5.74) is 1.49. The number of hydrogen-bond donors (Lipinski definition) is 3. The average Bonchev–Trinajstić information content (AvgIpc) is 3.45. The Morgan fingerprint density at radius 2 is 2.06 bits per heavy atom. The number of H-pyrrole nitrogens is 1. The molecule has 3 N–H and O–H groups in total. The quantitative estimate of drug-likeness (QED) is 0.381. The first kappa shape index (κ1) is 18.9. The van der Waals surface area contributed by atoms with E-state index in [2.05, 4.69) is 15.0 Å². The van der Waals surface area contributed by atoms with Crippen molar-refractivity contribution in [2.75, 3.05) is 6.61 Å². The van der Waals surface area contributed by atoms with Crippen molar-refractivity contribution in [2.45, 2.75) is 24.5 Å². The first-order valence-electron chi connectivity index (χ1n) is 9.44. The van der Waals surface area contributed by atoms with Gasteiger partial charge >= 0.3 is 7.82 Å². The molecule has 0 saturated carbocycles. The number of aliphatic hydroxyl groups excluding tert-OH is 1. The van der Waals surface area contributed by atoms with Gasteiger partial charge in [-0.3, -0.25) is 18.4 Å². The summed E-state index contributed by atoms with van der Waals surface area (Å²) in [5.74, 6) is 0.294. The van der Waals surface area contributed by atoms with Crippen LogP contribution in [0.3, 0.4) is 0 Å². The molecule has 4 aromatic rings. The maximum Gasteiger partial charge on any atom is 0.472 e. The van der Waals surface area contributed by atoms with E-state index in [1.54, 1.807) is 6.20 Å². The number of ether oxygens (including phenoxy) is 1. The Labute approximate surface area is 173 Å². The summed E-state index contributed by atoms with van der Waals surface area (Å²) in [4.78, 5) is 34.3. The van der Waals surface area contributed by atoms with Crippen LogP contribution < -0.4 is 5.56 Å². The van der Waals surface area contributed by atoms with Crippen molar-refractivity contribution in [1.82, 2.24) is 23.9 Å². The lowest BCUT2D eigenvalue weighted by molar-refractivity contribution is -0.0664. The molecule has 2 aliphatic rings. The van der Waals surface area contributed by atoms with Gasteiger partial charge in [-0.1, -0.05) is 30.3 Å². The summed E-state index contributed by atoms with van der Waals surface area (Å²) >= 11 is 0. The van der Waals surface area contributed by atoms with E-state index in [9.17, 15) is 19.4 Å². The number of phosphoric acid groups is 1. The third-order valence-electron chi connectivity index (χ3n) is 5.46. The van der Waals surface area contributed by atoms with E-state index in [0.29, 0.717) is 11.5 Å². The van der Waals surface area contributed by atoms with Gasteiger partial charge in [-0.2, -0.15) is 4.98 Å². The van der Waals surface area contributed by atoms with Crippen LogP contribution in [0.25, 0.3) is 28.2 Å². The molecule has 0 aliphatic carbocycles. The largest absolute Gasteiger partial charge is 0.472 e. The van der Waals surface area contributed by atoms with Gasteiger partial charge in [0.2, 0.25) is 5.78 Å². The number of benzene rings is 1. The Hall–Kier alpha value is -2.86. The van der Waals surface area contributed by atoms with Crippen LogP contribution in [-0.4, -0.2) is 58.8 Å². The normalized spacial score (nSPS) is 30.8. The van der Waals surface area contributed by atoms with Crippen molar-refractivity contribution in [2.24, 2.45) is 0 Å². The van der Waals surface area contributed by atoms with Gasteiger partial charge in [-0.15, -0.1) is 0 Å². The molecule has 2 aliphatic heterocycles. The van der Waals surface area contributed by atoms with E-state index in [1.807, 2.05) is 30.3 Å². The maximum atomic E-state index is 13.0. The molecule has 3 aromatic heterocycles. The molecule has 0 amide bonds. The zero-order valence-electron chi connectivity index (χ0n) is 15.7. The lowest BCUT2D eigenvalue weighted by Gasteiger charge is -2.27. The molecular weight excluding hydrogens is 429 g/mol. The third-order valence-corrected chi connectivity index (χ3v) is 6.44. The van der Waals surface area contributed by atoms with E-state index in [0.717, 1.165) is 5.56 Å². The molecule has 1 unspecified atom stereocenters. The minimum Gasteiger partial charge on any atom is -0.386 e. The lowest BCUT2D eigenvalue weighted by Crippen LogP contribution is -2.39. The highest BCUT2D eigenvalue weighted by Crippen LogP contribution is 2.52. The fourth-order valence-corrected chi connectivity index (χ4v) is 4.95. The average molecular weight is 445 g/mol. The van der Waals surface area contributed by atoms with Gasteiger partial charge in [0, 0.05) is 6.20 Å². The SMILES string of the molecule is O=c1c2ncn([C@@H]3O[C@@H]4COP(=O)(O)O[C@H]4[C@H]3O)c2nc2[nH]c(-c3ccccc3)cn12. The summed E-state index contributed by atoms with van der Waals surface area (Å²) in [7, 11) is -4.25. The summed E-state index contributed by atoms with van der Waals surface area (Å²) in [6, 6.07) is 9.48. The van der Waals surface area contributed by atoms with Crippen molar-refractivity contribution in [3.63, 3.8) is 0 Å². The number of aromatic amines is 1.